The summed E-state index contributed by atoms with van der Waals surface area (Å²) in [6.45, 7) is 1.96. The van der Waals surface area contributed by atoms with E-state index in [1.54, 1.807) is 6.07 Å². The third kappa shape index (κ3) is 5.01. The van der Waals surface area contributed by atoms with Gasteiger partial charge >= 0.3 is 0 Å². The lowest BCUT2D eigenvalue weighted by Gasteiger charge is -2.19. The Morgan fingerprint density at radius 2 is 1.42 bits per heavy atom. The molecule has 3 aromatic rings. The van der Waals surface area contributed by atoms with Gasteiger partial charge in [0.05, 0.1) is 0 Å². The number of pyridine rings is 1. The lowest BCUT2D eigenvalue weighted by molar-refractivity contribution is 1.02. The largest absolute Gasteiger partial charge is 0.362 e. The standard InChI is InChI=1S/C21H19Cl2N3/c1-15-14-19(22)26-21(23)18(15)12-13-20(24-16-8-4-2-5-9-16)25-17-10-6-3-7-11-17/h2-14,20,24-25H,1H3. The van der Waals surface area contributed by atoms with Crippen molar-refractivity contribution >= 4 is 40.7 Å². The third-order valence-corrected chi connectivity index (χ3v) is 4.32. The first-order valence-electron chi connectivity index (χ1n) is 8.26. The van der Waals surface area contributed by atoms with Crippen LogP contribution >= 0.6 is 23.2 Å². The quantitative estimate of drug-likeness (QED) is 0.389. The average molecular weight is 384 g/mol. The lowest BCUT2D eigenvalue weighted by atomic mass is 10.1. The number of hydrogen-bond donors (Lipinski definition) is 2. The molecule has 26 heavy (non-hydrogen) atoms. The molecule has 3 nitrogen and oxygen atoms in total. The summed E-state index contributed by atoms with van der Waals surface area (Å²) in [6.07, 6.45) is 3.84. The van der Waals surface area contributed by atoms with Gasteiger partial charge < -0.3 is 10.6 Å². The normalized spacial score (nSPS) is 11.1. The molecule has 0 atom stereocenters. The zero-order valence-electron chi connectivity index (χ0n) is 14.3. The monoisotopic (exact) mass is 383 g/mol. The summed E-state index contributed by atoms with van der Waals surface area (Å²) in [5.41, 5.74) is 3.86. The molecule has 1 heterocycles. The number of hydrogen-bond acceptors (Lipinski definition) is 3. The Balaban J connectivity index is 1.85. The van der Waals surface area contributed by atoms with Crippen LogP contribution in [0.2, 0.25) is 10.3 Å². The summed E-state index contributed by atoms with van der Waals surface area (Å²) in [6, 6.07) is 21.9. The fraction of sp³-hybridized carbons (Fsp3) is 0.0952. The van der Waals surface area contributed by atoms with Crippen LogP contribution in [-0.2, 0) is 0 Å². The number of aryl methyl sites for hydroxylation is 1. The summed E-state index contributed by atoms with van der Waals surface area (Å²) in [5, 5.41) is 7.71. The number of aromatic nitrogens is 1. The van der Waals surface area contributed by atoms with Crippen LogP contribution < -0.4 is 10.6 Å². The van der Waals surface area contributed by atoms with Crippen LogP contribution in [0.15, 0.2) is 72.8 Å². The van der Waals surface area contributed by atoms with Crippen molar-refractivity contribution in [3.05, 3.63) is 94.2 Å². The molecule has 0 aliphatic rings. The molecule has 5 heteroatoms. The fourth-order valence-corrected chi connectivity index (χ4v) is 3.15. The smallest absolute Gasteiger partial charge is 0.138 e. The van der Waals surface area contributed by atoms with Crippen molar-refractivity contribution in [3.63, 3.8) is 0 Å². The van der Waals surface area contributed by atoms with Crippen molar-refractivity contribution in [2.45, 2.75) is 13.1 Å². The maximum absolute atomic E-state index is 6.25. The fourth-order valence-electron chi connectivity index (χ4n) is 2.56. The van der Waals surface area contributed by atoms with Gasteiger partial charge in [0.15, 0.2) is 0 Å². The predicted molar refractivity (Wildman–Crippen MR) is 112 cm³/mol. The van der Waals surface area contributed by atoms with E-state index in [0.29, 0.717) is 10.3 Å². The number of anilines is 2. The Morgan fingerprint density at radius 1 is 0.885 bits per heavy atom. The van der Waals surface area contributed by atoms with Crippen LogP contribution in [0.4, 0.5) is 11.4 Å². The van der Waals surface area contributed by atoms with Crippen LogP contribution in [0.5, 0.6) is 0 Å². The Labute approximate surface area is 163 Å². The lowest BCUT2D eigenvalue weighted by Crippen LogP contribution is -2.26. The first-order chi connectivity index (χ1) is 12.6. The van der Waals surface area contributed by atoms with E-state index in [1.165, 1.54) is 0 Å². The van der Waals surface area contributed by atoms with Crippen molar-refractivity contribution in [3.8, 4) is 0 Å². The van der Waals surface area contributed by atoms with Crippen LogP contribution in [-0.4, -0.2) is 11.1 Å². The Morgan fingerprint density at radius 3 is 1.92 bits per heavy atom. The molecule has 0 saturated carbocycles. The molecule has 3 rings (SSSR count). The maximum Gasteiger partial charge on any atom is 0.138 e. The third-order valence-electron chi connectivity index (χ3n) is 3.83. The van der Waals surface area contributed by atoms with Gasteiger partial charge in [0.25, 0.3) is 0 Å². The number of benzene rings is 2. The van der Waals surface area contributed by atoms with E-state index in [9.17, 15) is 0 Å². The highest BCUT2D eigenvalue weighted by Gasteiger charge is 2.08. The molecular weight excluding hydrogens is 365 g/mol. The SMILES string of the molecule is Cc1cc(Cl)nc(Cl)c1C=CC(Nc1ccccc1)Nc1ccccc1. The van der Waals surface area contributed by atoms with Crippen molar-refractivity contribution in [2.24, 2.45) is 0 Å². The van der Waals surface area contributed by atoms with Crippen molar-refractivity contribution in [1.82, 2.24) is 4.98 Å². The van der Waals surface area contributed by atoms with Crippen LogP contribution in [0.1, 0.15) is 11.1 Å². The van der Waals surface area contributed by atoms with E-state index in [4.69, 9.17) is 23.2 Å². The minimum atomic E-state index is -0.133. The molecular formula is C21H19Cl2N3. The Kier molecular flexibility index (Phi) is 6.16. The highest BCUT2D eigenvalue weighted by molar-refractivity contribution is 6.33. The van der Waals surface area contributed by atoms with E-state index in [-0.39, 0.29) is 6.17 Å². The zero-order valence-corrected chi connectivity index (χ0v) is 15.8. The van der Waals surface area contributed by atoms with Crippen LogP contribution in [0.25, 0.3) is 6.08 Å². The number of para-hydroxylation sites is 2. The molecule has 0 bridgehead atoms. The summed E-state index contributed by atoms with van der Waals surface area (Å²) in [7, 11) is 0. The Hall–Kier alpha value is -2.49. The molecule has 0 amide bonds. The van der Waals surface area contributed by atoms with Gasteiger partial charge in [-0.1, -0.05) is 65.7 Å². The molecule has 0 aliphatic carbocycles. The number of halogens is 2. The van der Waals surface area contributed by atoms with Gasteiger partial charge in [-0.05, 0) is 48.9 Å². The molecule has 0 unspecified atom stereocenters. The molecule has 2 aromatic carbocycles. The summed E-state index contributed by atoms with van der Waals surface area (Å²) >= 11 is 12.2. The van der Waals surface area contributed by atoms with Gasteiger partial charge in [-0.15, -0.1) is 0 Å². The van der Waals surface area contributed by atoms with Gasteiger partial charge in [-0.3, -0.25) is 0 Å². The number of rotatable bonds is 6. The molecule has 2 N–H and O–H groups in total. The summed E-state index contributed by atoms with van der Waals surface area (Å²) < 4.78 is 0. The van der Waals surface area contributed by atoms with Crippen LogP contribution in [0, 0.1) is 6.92 Å². The van der Waals surface area contributed by atoms with E-state index < -0.39 is 0 Å². The second kappa shape index (κ2) is 8.75. The van der Waals surface area contributed by atoms with Crippen molar-refractivity contribution in [1.29, 1.82) is 0 Å². The van der Waals surface area contributed by atoms with Gasteiger partial charge in [-0.2, -0.15) is 0 Å². The molecule has 0 fully saturated rings. The highest BCUT2D eigenvalue weighted by Crippen LogP contribution is 2.23. The second-order valence-corrected chi connectivity index (χ2v) is 6.57. The minimum Gasteiger partial charge on any atom is -0.362 e. The van der Waals surface area contributed by atoms with E-state index >= 15 is 0 Å². The molecule has 0 spiro atoms. The topological polar surface area (TPSA) is 37.0 Å². The minimum absolute atomic E-state index is 0.133. The molecule has 0 radical (unpaired) electrons. The first kappa shape index (κ1) is 18.3. The number of nitrogens with one attached hydrogen (secondary N) is 2. The van der Waals surface area contributed by atoms with Crippen LogP contribution in [0.3, 0.4) is 0 Å². The molecule has 0 saturated heterocycles. The highest BCUT2D eigenvalue weighted by atomic mass is 35.5. The van der Waals surface area contributed by atoms with Gasteiger partial charge in [0.1, 0.15) is 16.5 Å². The Bertz CT molecular complexity index is 816. The maximum atomic E-state index is 6.25. The van der Waals surface area contributed by atoms with E-state index in [1.807, 2.05) is 79.7 Å². The predicted octanol–water partition coefficient (Wildman–Crippen LogP) is 6.26. The number of nitrogens with zero attached hydrogens (tertiary/aromatic N) is 1. The van der Waals surface area contributed by atoms with Gasteiger partial charge in [0, 0.05) is 16.9 Å². The summed E-state index contributed by atoms with van der Waals surface area (Å²) in [5.74, 6) is 0. The van der Waals surface area contributed by atoms with E-state index in [0.717, 1.165) is 22.5 Å². The van der Waals surface area contributed by atoms with E-state index in [2.05, 4.69) is 15.6 Å². The molecule has 1 aromatic heterocycles. The molecule has 132 valence electrons. The van der Waals surface area contributed by atoms with Crippen molar-refractivity contribution in [2.75, 3.05) is 10.6 Å². The van der Waals surface area contributed by atoms with Gasteiger partial charge in [-0.25, -0.2) is 4.98 Å². The summed E-state index contributed by atoms with van der Waals surface area (Å²) in [4.78, 5) is 4.12. The van der Waals surface area contributed by atoms with Crippen molar-refractivity contribution < 1.29 is 0 Å². The van der Waals surface area contributed by atoms with Gasteiger partial charge in [0.2, 0.25) is 0 Å². The first-order valence-corrected chi connectivity index (χ1v) is 9.01. The molecule has 0 aliphatic heterocycles. The zero-order chi connectivity index (χ0) is 18.4. The average Bonchev–Trinajstić information content (AvgIpc) is 2.62. The second-order valence-electron chi connectivity index (χ2n) is 5.82.